The molecule has 0 radical (unpaired) electrons. The molecule has 0 amide bonds. The molecule has 0 saturated carbocycles. The molecule has 0 aliphatic heterocycles. The highest BCUT2D eigenvalue weighted by Crippen LogP contribution is 2.43. The Labute approximate surface area is 406 Å². The van der Waals surface area contributed by atoms with Crippen molar-refractivity contribution in [1.29, 1.82) is 0 Å². The van der Waals surface area contributed by atoms with Gasteiger partial charge in [-0.25, -0.2) is 15.0 Å². The zero-order chi connectivity index (χ0) is 46.7. The van der Waals surface area contributed by atoms with E-state index in [1.807, 2.05) is 36.4 Å². The fourth-order valence-electron chi connectivity index (χ4n) is 10.5. The third-order valence-corrected chi connectivity index (χ3v) is 13.9. The summed E-state index contributed by atoms with van der Waals surface area (Å²) in [6.45, 7) is 4.37. The Morgan fingerprint density at radius 3 is 1.17 bits per heavy atom. The van der Waals surface area contributed by atoms with Gasteiger partial charge < -0.3 is 9.13 Å². The Bertz CT molecular complexity index is 4090. The minimum atomic E-state index is 0.588. The highest BCUT2D eigenvalue weighted by atomic mass is 15.1. The van der Waals surface area contributed by atoms with Crippen molar-refractivity contribution < 1.29 is 0 Å². The molecule has 13 aromatic rings. The third kappa shape index (κ3) is 6.90. The lowest BCUT2D eigenvalue weighted by atomic mass is 9.98. The first kappa shape index (κ1) is 41.0. The number of aryl methyl sites for hydroxylation is 2. The van der Waals surface area contributed by atoms with Crippen LogP contribution >= 0.6 is 0 Å². The van der Waals surface area contributed by atoms with E-state index in [1.54, 1.807) is 0 Å². The lowest BCUT2D eigenvalue weighted by Gasteiger charge is -2.18. The highest BCUT2D eigenvalue weighted by Gasteiger charge is 2.23. The topological polar surface area (TPSA) is 48.5 Å². The van der Waals surface area contributed by atoms with Gasteiger partial charge in [0.2, 0.25) is 0 Å². The second kappa shape index (κ2) is 16.8. The molecule has 0 fully saturated rings. The van der Waals surface area contributed by atoms with Crippen molar-refractivity contribution in [2.24, 2.45) is 0 Å². The van der Waals surface area contributed by atoms with Crippen molar-refractivity contribution in [1.82, 2.24) is 24.1 Å². The van der Waals surface area contributed by atoms with Crippen LogP contribution in [0.2, 0.25) is 0 Å². The monoisotopic (exact) mass is 895 g/mol. The molecule has 0 aliphatic rings. The van der Waals surface area contributed by atoms with Gasteiger partial charge in [0.25, 0.3) is 0 Å². The van der Waals surface area contributed by atoms with Gasteiger partial charge in [-0.2, -0.15) is 0 Å². The van der Waals surface area contributed by atoms with Gasteiger partial charge in [-0.1, -0.05) is 182 Å². The van der Waals surface area contributed by atoms with E-state index < -0.39 is 0 Å². The first-order valence-corrected chi connectivity index (χ1v) is 23.9. The number of rotatable bonds is 8. The van der Waals surface area contributed by atoms with Crippen molar-refractivity contribution in [2.75, 3.05) is 0 Å². The molecule has 330 valence electrons. The SMILES string of the molecule is Cc1ccccc1-c1ccc2c(c1)c1ccccc1n2-c1ccccc1-c1ccc(-n2c3ccccc3c3cc(-c4ccccc4C)ccc32)c(-c2nc(-c3ccccc3)nc(-c3ccccc3)n2)c1. The fraction of sp³-hybridized carbons (Fsp3) is 0.0308. The van der Waals surface area contributed by atoms with Crippen LogP contribution in [-0.2, 0) is 0 Å². The summed E-state index contributed by atoms with van der Waals surface area (Å²) in [5, 5.41) is 4.78. The number of aromatic nitrogens is 5. The Morgan fingerprint density at radius 1 is 0.257 bits per heavy atom. The molecule has 5 nitrogen and oxygen atoms in total. The van der Waals surface area contributed by atoms with Gasteiger partial charge in [0.15, 0.2) is 17.5 Å². The smallest absolute Gasteiger partial charge is 0.166 e. The van der Waals surface area contributed by atoms with Crippen LogP contribution in [0.5, 0.6) is 0 Å². The quantitative estimate of drug-likeness (QED) is 0.153. The van der Waals surface area contributed by atoms with E-state index in [-0.39, 0.29) is 0 Å². The first-order valence-electron chi connectivity index (χ1n) is 23.9. The van der Waals surface area contributed by atoms with E-state index in [0.29, 0.717) is 17.5 Å². The summed E-state index contributed by atoms with van der Waals surface area (Å²) in [5.41, 5.74) is 18.8. The molecule has 0 spiro atoms. The standard InChI is InChI=1S/C65H45N5/c1-42-19-9-11-25-49(42)46-33-36-60-54(39-46)52-28-14-17-31-58(52)69(60)57-30-16-13-27-51(57)48-35-38-62(56(41-48)65-67-63(44-21-5-3-6-22-44)66-64(68-65)45-23-7-4-8-24-45)70-59-32-18-15-29-53(59)55-40-47(34-37-61(55)70)50-26-12-10-20-43(50)2/h3-41H,1-2H3. The van der Waals surface area contributed by atoms with Gasteiger partial charge in [0.05, 0.1) is 33.4 Å². The summed E-state index contributed by atoms with van der Waals surface area (Å²) in [4.78, 5) is 15.9. The Balaban J connectivity index is 1.07. The molecular weight excluding hydrogens is 851 g/mol. The molecule has 0 N–H and O–H groups in total. The summed E-state index contributed by atoms with van der Waals surface area (Å²) in [6, 6.07) is 84.5. The van der Waals surface area contributed by atoms with Crippen LogP contribution in [-0.4, -0.2) is 24.1 Å². The van der Waals surface area contributed by atoms with E-state index in [4.69, 9.17) is 15.0 Å². The number of fused-ring (bicyclic) bond motifs is 6. The number of para-hydroxylation sites is 3. The second-order valence-corrected chi connectivity index (χ2v) is 18.1. The van der Waals surface area contributed by atoms with E-state index in [0.717, 1.165) is 61.3 Å². The van der Waals surface area contributed by atoms with E-state index in [1.165, 1.54) is 54.9 Å². The van der Waals surface area contributed by atoms with Crippen LogP contribution in [0.3, 0.4) is 0 Å². The maximum atomic E-state index is 5.38. The van der Waals surface area contributed by atoms with Crippen LogP contribution in [0.15, 0.2) is 237 Å². The third-order valence-electron chi connectivity index (χ3n) is 13.9. The number of hydrogen-bond acceptors (Lipinski definition) is 3. The van der Waals surface area contributed by atoms with Crippen LogP contribution in [0.1, 0.15) is 11.1 Å². The first-order chi connectivity index (χ1) is 34.6. The van der Waals surface area contributed by atoms with E-state index >= 15 is 0 Å². The maximum absolute atomic E-state index is 5.38. The Morgan fingerprint density at radius 2 is 0.643 bits per heavy atom. The zero-order valence-electron chi connectivity index (χ0n) is 38.8. The second-order valence-electron chi connectivity index (χ2n) is 18.1. The lowest BCUT2D eigenvalue weighted by Crippen LogP contribution is -2.04. The molecular formula is C65H45N5. The average molecular weight is 896 g/mol. The van der Waals surface area contributed by atoms with Gasteiger partial charge >= 0.3 is 0 Å². The van der Waals surface area contributed by atoms with Gasteiger partial charge in [0.1, 0.15) is 0 Å². The van der Waals surface area contributed by atoms with Crippen molar-refractivity contribution in [3.8, 4) is 78.9 Å². The average Bonchev–Trinajstić information content (AvgIpc) is 3.93. The molecule has 3 aromatic heterocycles. The van der Waals surface area contributed by atoms with Crippen molar-refractivity contribution in [3.05, 3.63) is 248 Å². The summed E-state index contributed by atoms with van der Waals surface area (Å²) in [6.07, 6.45) is 0. The molecule has 0 saturated heterocycles. The maximum Gasteiger partial charge on any atom is 0.166 e. The summed E-state index contributed by atoms with van der Waals surface area (Å²) >= 11 is 0. The lowest BCUT2D eigenvalue weighted by molar-refractivity contribution is 1.06. The van der Waals surface area contributed by atoms with Crippen molar-refractivity contribution in [2.45, 2.75) is 13.8 Å². The molecule has 0 atom stereocenters. The number of hydrogen-bond donors (Lipinski definition) is 0. The molecule has 0 unspecified atom stereocenters. The molecule has 13 rings (SSSR count). The van der Waals surface area contributed by atoms with Gasteiger partial charge in [-0.15, -0.1) is 0 Å². The van der Waals surface area contributed by atoms with Gasteiger partial charge in [-0.3, -0.25) is 0 Å². The molecule has 10 aromatic carbocycles. The largest absolute Gasteiger partial charge is 0.309 e. The summed E-state index contributed by atoms with van der Waals surface area (Å²) in [5.74, 6) is 1.81. The molecule has 5 heteroatoms. The molecule has 70 heavy (non-hydrogen) atoms. The minimum Gasteiger partial charge on any atom is -0.309 e. The highest BCUT2D eigenvalue weighted by molar-refractivity contribution is 6.12. The number of nitrogens with zero attached hydrogens (tertiary/aromatic N) is 5. The predicted octanol–water partition coefficient (Wildman–Crippen LogP) is 16.7. The predicted molar refractivity (Wildman–Crippen MR) is 291 cm³/mol. The van der Waals surface area contributed by atoms with Gasteiger partial charge in [-0.05, 0) is 107 Å². The van der Waals surface area contributed by atoms with Gasteiger partial charge in [0, 0.05) is 43.8 Å². The van der Waals surface area contributed by atoms with Crippen LogP contribution < -0.4 is 0 Å². The summed E-state index contributed by atoms with van der Waals surface area (Å²) < 4.78 is 4.82. The number of benzene rings is 10. The minimum absolute atomic E-state index is 0.588. The Kier molecular flexibility index (Phi) is 9.88. The van der Waals surface area contributed by atoms with Crippen LogP contribution in [0.4, 0.5) is 0 Å². The zero-order valence-corrected chi connectivity index (χ0v) is 38.8. The fourth-order valence-corrected chi connectivity index (χ4v) is 10.5. The normalized spacial score (nSPS) is 11.6. The summed E-state index contributed by atoms with van der Waals surface area (Å²) in [7, 11) is 0. The van der Waals surface area contributed by atoms with E-state index in [9.17, 15) is 0 Å². The van der Waals surface area contributed by atoms with E-state index in [2.05, 4.69) is 223 Å². The van der Waals surface area contributed by atoms with Crippen LogP contribution in [0.25, 0.3) is 123 Å². The van der Waals surface area contributed by atoms with Crippen molar-refractivity contribution in [3.63, 3.8) is 0 Å². The van der Waals surface area contributed by atoms with Crippen molar-refractivity contribution >= 4 is 43.6 Å². The van der Waals surface area contributed by atoms with Crippen LogP contribution in [0, 0.1) is 13.8 Å². The molecule has 0 aliphatic carbocycles. The molecule has 0 bridgehead atoms. The Hall–Kier alpha value is -9.19. The molecule has 3 heterocycles.